The first kappa shape index (κ1) is 19.2. The fraction of sp³-hybridized carbons (Fsp3) is 0.786. The molecule has 0 radical (unpaired) electrons. The van der Waals surface area contributed by atoms with Gasteiger partial charge in [-0.3, -0.25) is 9.59 Å². The molecule has 0 aliphatic carbocycles. The van der Waals surface area contributed by atoms with Crippen molar-refractivity contribution in [3.63, 3.8) is 0 Å². The lowest BCUT2D eigenvalue weighted by Gasteiger charge is -2.35. The van der Waals surface area contributed by atoms with Crippen molar-refractivity contribution >= 4 is 17.8 Å². The molecule has 2 N–H and O–H groups in total. The van der Waals surface area contributed by atoms with E-state index < -0.39 is 36.6 Å². The number of carboxylic acid groups (broad SMARTS) is 1. The number of amides is 2. The van der Waals surface area contributed by atoms with Crippen molar-refractivity contribution in [2.45, 2.75) is 63.7 Å². The van der Waals surface area contributed by atoms with E-state index in [0.717, 1.165) is 0 Å². The molecule has 1 aliphatic rings. The van der Waals surface area contributed by atoms with Gasteiger partial charge in [-0.2, -0.15) is 13.2 Å². The highest BCUT2D eigenvalue weighted by Crippen LogP contribution is 2.23. The Kier molecular flexibility index (Phi) is 6.83. The summed E-state index contributed by atoms with van der Waals surface area (Å²) in [5, 5.41) is 10.8. The number of carbonyl (C=O) groups excluding carboxylic acids is 2. The maximum Gasteiger partial charge on any atom is 0.391 e. The van der Waals surface area contributed by atoms with E-state index in [0.29, 0.717) is 32.2 Å². The van der Waals surface area contributed by atoms with E-state index in [1.165, 1.54) is 4.90 Å². The number of alkyl halides is 3. The predicted octanol–water partition coefficient (Wildman–Crippen LogP) is 1.69. The number of nitrogens with one attached hydrogen (secondary N) is 1. The van der Waals surface area contributed by atoms with Gasteiger partial charge in [-0.15, -0.1) is 0 Å². The molecule has 23 heavy (non-hydrogen) atoms. The predicted molar refractivity (Wildman–Crippen MR) is 74.5 cm³/mol. The summed E-state index contributed by atoms with van der Waals surface area (Å²) in [6, 6.07) is -2.95. The summed E-state index contributed by atoms with van der Waals surface area (Å²) in [6.45, 7) is 2.16. The summed E-state index contributed by atoms with van der Waals surface area (Å²) >= 11 is 0. The lowest BCUT2D eigenvalue weighted by atomic mass is 10.00. The summed E-state index contributed by atoms with van der Waals surface area (Å²) in [6.07, 6.45) is -3.83. The molecule has 1 heterocycles. The van der Waals surface area contributed by atoms with Gasteiger partial charge in [0.25, 0.3) is 0 Å². The Morgan fingerprint density at radius 3 is 2.48 bits per heavy atom. The van der Waals surface area contributed by atoms with Gasteiger partial charge in [0.2, 0.25) is 11.8 Å². The van der Waals surface area contributed by atoms with Crippen LogP contribution in [0.5, 0.6) is 0 Å². The van der Waals surface area contributed by atoms with Gasteiger partial charge in [-0.1, -0.05) is 6.92 Å². The van der Waals surface area contributed by atoms with E-state index in [1.807, 2.05) is 5.32 Å². The minimum Gasteiger partial charge on any atom is -0.480 e. The Morgan fingerprint density at radius 2 is 1.96 bits per heavy atom. The fourth-order valence-corrected chi connectivity index (χ4v) is 2.56. The standard InChI is InChI=1S/C14H21F3N2O4/c1-2-5-11(20)19-7-4-3-6-10(19)12(21)18-9(13(22)23)8-14(15,16)17/h9-10H,2-8H2,1H3,(H,18,21)(H,22,23). The van der Waals surface area contributed by atoms with Crippen LogP contribution in [0.1, 0.15) is 45.4 Å². The summed E-state index contributed by atoms with van der Waals surface area (Å²) in [5.41, 5.74) is 0. The number of rotatable bonds is 6. The van der Waals surface area contributed by atoms with Crippen LogP contribution in [-0.2, 0) is 14.4 Å². The van der Waals surface area contributed by atoms with Crippen LogP contribution in [0.2, 0.25) is 0 Å². The molecule has 6 nitrogen and oxygen atoms in total. The Bertz CT molecular complexity index is 454. The summed E-state index contributed by atoms with van der Waals surface area (Å²) in [4.78, 5) is 36.5. The van der Waals surface area contributed by atoms with Crippen LogP contribution in [-0.4, -0.2) is 52.6 Å². The zero-order valence-corrected chi connectivity index (χ0v) is 12.9. The van der Waals surface area contributed by atoms with Crippen LogP contribution < -0.4 is 5.32 Å². The molecule has 1 rings (SSSR count). The first-order valence-electron chi connectivity index (χ1n) is 7.55. The molecule has 0 saturated carbocycles. The molecule has 0 aromatic heterocycles. The second kappa shape index (κ2) is 8.16. The molecule has 1 aliphatic heterocycles. The molecule has 0 bridgehead atoms. The maximum absolute atomic E-state index is 12.4. The Labute approximate surface area is 132 Å². The van der Waals surface area contributed by atoms with Gasteiger partial charge in [0.05, 0.1) is 6.42 Å². The van der Waals surface area contributed by atoms with Crippen LogP contribution in [0.4, 0.5) is 13.2 Å². The maximum atomic E-state index is 12.4. The molecular formula is C14H21F3N2O4. The van der Waals surface area contributed by atoms with Gasteiger partial charge in [0.15, 0.2) is 0 Å². The zero-order valence-electron chi connectivity index (χ0n) is 12.9. The molecule has 2 amide bonds. The van der Waals surface area contributed by atoms with E-state index in [-0.39, 0.29) is 12.3 Å². The SMILES string of the molecule is CCCC(=O)N1CCCCC1C(=O)NC(CC(F)(F)F)C(=O)O. The summed E-state index contributed by atoms with van der Waals surface area (Å²) in [7, 11) is 0. The molecule has 2 atom stereocenters. The number of halogens is 3. The van der Waals surface area contributed by atoms with E-state index in [2.05, 4.69) is 0 Å². The number of aliphatic carboxylic acids is 1. The molecule has 0 aromatic carbocycles. The molecule has 1 fully saturated rings. The number of nitrogens with zero attached hydrogens (tertiary/aromatic N) is 1. The fourth-order valence-electron chi connectivity index (χ4n) is 2.56. The minimum absolute atomic E-state index is 0.241. The Morgan fingerprint density at radius 1 is 1.30 bits per heavy atom. The topological polar surface area (TPSA) is 86.7 Å². The van der Waals surface area contributed by atoms with Crippen LogP contribution in [0.25, 0.3) is 0 Å². The van der Waals surface area contributed by atoms with Crippen molar-refractivity contribution in [3.05, 3.63) is 0 Å². The van der Waals surface area contributed by atoms with Crippen LogP contribution in [0.15, 0.2) is 0 Å². The van der Waals surface area contributed by atoms with Crippen molar-refractivity contribution in [1.82, 2.24) is 10.2 Å². The first-order chi connectivity index (χ1) is 10.7. The highest BCUT2D eigenvalue weighted by atomic mass is 19.4. The zero-order chi connectivity index (χ0) is 17.6. The minimum atomic E-state index is -4.71. The van der Waals surface area contributed by atoms with E-state index in [1.54, 1.807) is 6.92 Å². The normalized spacial score (nSPS) is 20.0. The Hall–Kier alpha value is -1.80. The number of likely N-dealkylation sites (tertiary alicyclic amines) is 1. The second-order valence-electron chi connectivity index (χ2n) is 5.57. The van der Waals surface area contributed by atoms with Gasteiger partial charge in [-0.05, 0) is 25.7 Å². The van der Waals surface area contributed by atoms with Gasteiger partial charge in [0, 0.05) is 13.0 Å². The average Bonchev–Trinajstić information content (AvgIpc) is 2.45. The molecular weight excluding hydrogens is 317 g/mol. The van der Waals surface area contributed by atoms with Crippen LogP contribution in [0, 0.1) is 0 Å². The monoisotopic (exact) mass is 338 g/mol. The highest BCUT2D eigenvalue weighted by Gasteiger charge is 2.39. The van der Waals surface area contributed by atoms with Crippen molar-refractivity contribution in [2.75, 3.05) is 6.54 Å². The number of hydrogen-bond donors (Lipinski definition) is 2. The van der Waals surface area contributed by atoms with Crippen molar-refractivity contribution in [1.29, 1.82) is 0 Å². The molecule has 132 valence electrons. The highest BCUT2D eigenvalue weighted by molar-refractivity contribution is 5.90. The summed E-state index contributed by atoms with van der Waals surface area (Å²) in [5.74, 6) is -2.83. The van der Waals surface area contributed by atoms with Crippen molar-refractivity contribution in [3.8, 4) is 0 Å². The third-order valence-electron chi connectivity index (χ3n) is 3.64. The number of hydrogen-bond acceptors (Lipinski definition) is 3. The smallest absolute Gasteiger partial charge is 0.391 e. The van der Waals surface area contributed by atoms with E-state index >= 15 is 0 Å². The van der Waals surface area contributed by atoms with Gasteiger partial charge in [-0.25, -0.2) is 4.79 Å². The molecule has 0 spiro atoms. The van der Waals surface area contributed by atoms with Crippen LogP contribution in [0.3, 0.4) is 0 Å². The quantitative estimate of drug-likeness (QED) is 0.772. The van der Waals surface area contributed by atoms with Gasteiger partial charge < -0.3 is 15.3 Å². The molecule has 1 saturated heterocycles. The van der Waals surface area contributed by atoms with Gasteiger partial charge >= 0.3 is 12.1 Å². The summed E-state index contributed by atoms with van der Waals surface area (Å²) < 4.78 is 37.2. The number of piperidine rings is 1. The van der Waals surface area contributed by atoms with E-state index in [9.17, 15) is 27.6 Å². The molecule has 2 unspecified atom stereocenters. The Balaban J connectivity index is 2.79. The lowest BCUT2D eigenvalue weighted by Crippen LogP contribution is -2.55. The molecule has 9 heteroatoms. The van der Waals surface area contributed by atoms with Crippen molar-refractivity contribution < 1.29 is 32.7 Å². The third kappa shape index (κ3) is 6.07. The average molecular weight is 338 g/mol. The lowest BCUT2D eigenvalue weighted by molar-refractivity contribution is -0.161. The number of carboxylic acids is 1. The molecule has 0 aromatic rings. The second-order valence-corrected chi connectivity index (χ2v) is 5.57. The van der Waals surface area contributed by atoms with Gasteiger partial charge in [0.1, 0.15) is 12.1 Å². The van der Waals surface area contributed by atoms with Crippen LogP contribution >= 0.6 is 0 Å². The first-order valence-corrected chi connectivity index (χ1v) is 7.55. The number of carbonyl (C=O) groups is 3. The largest absolute Gasteiger partial charge is 0.480 e. The third-order valence-corrected chi connectivity index (χ3v) is 3.64. The van der Waals surface area contributed by atoms with Crippen molar-refractivity contribution in [2.24, 2.45) is 0 Å². The van der Waals surface area contributed by atoms with E-state index in [4.69, 9.17) is 5.11 Å².